The molecule has 4 heteroatoms. The van der Waals surface area contributed by atoms with E-state index >= 15 is 0 Å². The van der Waals surface area contributed by atoms with Crippen LogP contribution in [-0.2, 0) is 6.42 Å². The molecule has 0 radical (unpaired) electrons. The molecule has 2 aromatic rings. The van der Waals surface area contributed by atoms with E-state index in [1.54, 1.807) is 14.2 Å². The molecule has 0 saturated carbocycles. The van der Waals surface area contributed by atoms with E-state index in [0.29, 0.717) is 6.04 Å². The monoisotopic (exact) mass is 363 g/mol. The van der Waals surface area contributed by atoms with Gasteiger partial charge in [0.2, 0.25) is 0 Å². The second kappa shape index (κ2) is 8.20. The van der Waals surface area contributed by atoms with E-state index in [9.17, 15) is 0 Å². The molecule has 0 heterocycles. The van der Waals surface area contributed by atoms with Crippen LogP contribution >= 0.6 is 15.9 Å². The summed E-state index contributed by atoms with van der Waals surface area (Å²) in [6.07, 6.45) is 0.940. The van der Waals surface area contributed by atoms with Gasteiger partial charge in [0.05, 0.1) is 14.2 Å². The van der Waals surface area contributed by atoms with Gasteiger partial charge in [0.25, 0.3) is 0 Å². The first-order chi connectivity index (χ1) is 10.7. The normalized spacial score (nSPS) is 12.0. The molecule has 1 unspecified atom stereocenters. The maximum atomic E-state index is 5.34. The number of hydrogen-bond acceptors (Lipinski definition) is 3. The number of nitrogens with one attached hydrogen (secondary N) is 1. The third-order valence-electron chi connectivity index (χ3n) is 3.68. The first kappa shape index (κ1) is 16.8. The van der Waals surface area contributed by atoms with E-state index in [0.717, 1.165) is 28.9 Å². The van der Waals surface area contributed by atoms with Crippen molar-refractivity contribution in [2.45, 2.75) is 19.4 Å². The van der Waals surface area contributed by atoms with Gasteiger partial charge in [-0.05, 0) is 49.2 Å². The molecule has 0 fully saturated rings. The van der Waals surface area contributed by atoms with Crippen molar-refractivity contribution in [2.24, 2.45) is 0 Å². The summed E-state index contributed by atoms with van der Waals surface area (Å²) >= 11 is 3.60. The smallest absolute Gasteiger partial charge is 0.160 e. The van der Waals surface area contributed by atoms with Gasteiger partial charge >= 0.3 is 0 Å². The topological polar surface area (TPSA) is 30.5 Å². The van der Waals surface area contributed by atoms with Gasteiger partial charge in [-0.2, -0.15) is 0 Å². The Morgan fingerprint density at radius 2 is 1.77 bits per heavy atom. The molecule has 1 atom stereocenters. The van der Waals surface area contributed by atoms with Crippen molar-refractivity contribution >= 4 is 15.9 Å². The minimum absolute atomic E-state index is 0.302. The lowest BCUT2D eigenvalue weighted by atomic mass is 10.1. The number of ether oxygens (including phenoxy) is 2. The highest BCUT2D eigenvalue weighted by molar-refractivity contribution is 9.10. The van der Waals surface area contributed by atoms with E-state index in [2.05, 4.69) is 52.4 Å². The average molecular weight is 364 g/mol. The van der Waals surface area contributed by atoms with Crippen molar-refractivity contribution in [1.82, 2.24) is 5.32 Å². The zero-order valence-corrected chi connectivity index (χ0v) is 14.8. The standard InChI is InChI=1S/C18H22BrNO2/c1-13(15-6-4-5-7-16(15)19)20-11-10-14-8-9-17(21-2)18(12-14)22-3/h4-9,12-13,20H,10-11H2,1-3H3. The molecule has 2 rings (SSSR count). The second-order valence-corrected chi connectivity index (χ2v) is 5.99. The van der Waals surface area contributed by atoms with E-state index in [-0.39, 0.29) is 0 Å². The SMILES string of the molecule is COc1ccc(CCNC(C)c2ccccc2Br)cc1OC. The fourth-order valence-electron chi connectivity index (χ4n) is 2.41. The molecular weight excluding hydrogens is 342 g/mol. The number of rotatable bonds is 7. The Kier molecular flexibility index (Phi) is 6.28. The molecule has 0 amide bonds. The van der Waals surface area contributed by atoms with Crippen molar-refractivity contribution in [2.75, 3.05) is 20.8 Å². The van der Waals surface area contributed by atoms with Gasteiger partial charge in [-0.15, -0.1) is 0 Å². The van der Waals surface area contributed by atoms with Crippen LogP contribution in [0.15, 0.2) is 46.9 Å². The Labute approximate surface area is 140 Å². The lowest BCUT2D eigenvalue weighted by Gasteiger charge is -2.16. The van der Waals surface area contributed by atoms with Crippen LogP contribution in [0, 0.1) is 0 Å². The van der Waals surface area contributed by atoms with Crippen molar-refractivity contribution in [1.29, 1.82) is 0 Å². The van der Waals surface area contributed by atoms with Crippen LogP contribution in [0.25, 0.3) is 0 Å². The molecule has 118 valence electrons. The van der Waals surface area contributed by atoms with E-state index < -0.39 is 0 Å². The molecule has 0 spiro atoms. The molecule has 0 aromatic heterocycles. The summed E-state index contributed by atoms with van der Waals surface area (Å²) in [4.78, 5) is 0. The fourth-order valence-corrected chi connectivity index (χ4v) is 3.03. The molecule has 22 heavy (non-hydrogen) atoms. The lowest BCUT2D eigenvalue weighted by molar-refractivity contribution is 0.354. The predicted molar refractivity (Wildman–Crippen MR) is 93.8 cm³/mol. The fraction of sp³-hybridized carbons (Fsp3) is 0.333. The summed E-state index contributed by atoms with van der Waals surface area (Å²) in [5.74, 6) is 1.54. The summed E-state index contributed by atoms with van der Waals surface area (Å²) in [7, 11) is 3.31. The summed E-state index contributed by atoms with van der Waals surface area (Å²) in [5, 5.41) is 3.55. The van der Waals surface area contributed by atoms with Crippen LogP contribution in [0.4, 0.5) is 0 Å². The molecule has 3 nitrogen and oxygen atoms in total. The number of methoxy groups -OCH3 is 2. The largest absolute Gasteiger partial charge is 0.493 e. The van der Waals surface area contributed by atoms with Crippen molar-refractivity contribution in [3.8, 4) is 11.5 Å². The molecular formula is C18H22BrNO2. The summed E-state index contributed by atoms with van der Waals surface area (Å²) < 4.78 is 11.7. The Morgan fingerprint density at radius 3 is 2.45 bits per heavy atom. The molecule has 0 bridgehead atoms. The first-order valence-electron chi connectivity index (χ1n) is 7.34. The van der Waals surface area contributed by atoms with Crippen molar-refractivity contribution in [3.05, 3.63) is 58.1 Å². The Bertz CT molecular complexity index is 616. The summed E-state index contributed by atoms with van der Waals surface area (Å²) in [6.45, 7) is 3.08. The molecule has 2 aromatic carbocycles. The summed E-state index contributed by atoms with van der Waals surface area (Å²) in [5.41, 5.74) is 2.50. The van der Waals surface area contributed by atoms with Gasteiger partial charge in [-0.3, -0.25) is 0 Å². The summed E-state index contributed by atoms with van der Waals surface area (Å²) in [6, 6.07) is 14.7. The highest BCUT2D eigenvalue weighted by Crippen LogP contribution is 2.28. The molecule has 0 saturated heterocycles. The van der Waals surface area contributed by atoms with E-state index in [1.807, 2.05) is 18.2 Å². The zero-order chi connectivity index (χ0) is 15.9. The molecule has 0 aliphatic heterocycles. The minimum Gasteiger partial charge on any atom is -0.493 e. The molecule has 0 aliphatic rings. The number of hydrogen-bond donors (Lipinski definition) is 1. The quantitative estimate of drug-likeness (QED) is 0.792. The molecule has 1 N–H and O–H groups in total. The van der Waals surface area contributed by atoms with E-state index in [1.165, 1.54) is 11.1 Å². The Hall–Kier alpha value is -1.52. The van der Waals surface area contributed by atoms with Crippen LogP contribution in [-0.4, -0.2) is 20.8 Å². The predicted octanol–water partition coefficient (Wildman–Crippen LogP) is 4.36. The van der Waals surface area contributed by atoms with Gasteiger partial charge < -0.3 is 14.8 Å². The highest BCUT2D eigenvalue weighted by atomic mass is 79.9. The maximum Gasteiger partial charge on any atom is 0.160 e. The van der Waals surface area contributed by atoms with Gasteiger partial charge in [0, 0.05) is 10.5 Å². The number of halogens is 1. The number of benzene rings is 2. The van der Waals surface area contributed by atoms with Crippen LogP contribution in [0.5, 0.6) is 11.5 Å². The maximum absolute atomic E-state index is 5.34. The van der Waals surface area contributed by atoms with Gasteiger partial charge in [-0.25, -0.2) is 0 Å². The Morgan fingerprint density at radius 1 is 1.05 bits per heavy atom. The van der Waals surface area contributed by atoms with Crippen molar-refractivity contribution < 1.29 is 9.47 Å². The second-order valence-electron chi connectivity index (χ2n) is 5.14. The van der Waals surface area contributed by atoms with Crippen LogP contribution in [0.3, 0.4) is 0 Å². The van der Waals surface area contributed by atoms with Gasteiger partial charge in [0.1, 0.15) is 0 Å². The Balaban J connectivity index is 1.92. The van der Waals surface area contributed by atoms with Gasteiger partial charge in [-0.1, -0.05) is 40.2 Å². The lowest BCUT2D eigenvalue weighted by Crippen LogP contribution is -2.21. The third-order valence-corrected chi connectivity index (χ3v) is 4.41. The van der Waals surface area contributed by atoms with Gasteiger partial charge in [0.15, 0.2) is 11.5 Å². The average Bonchev–Trinajstić information content (AvgIpc) is 2.55. The van der Waals surface area contributed by atoms with E-state index in [4.69, 9.17) is 9.47 Å². The van der Waals surface area contributed by atoms with Crippen molar-refractivity contribution in [3.63, 3.8) is 0 Å². The zero-order valence-electron chi connectivity index (χ0n) is 13.2. The minimum atomic E-state index is 0.302. The molecule has 0 aliphatic carbocycles. The first-order valence-corrected chi connectivity index (χ1v) is 8.13. The third kappa shape index (κ3) is 4.24. The van der Waals surface area contributed by atoms with Crippen LogP contribution < -0.4 is 14.8 Å². The van der Waals surface area contributed by atoms with Crippen LogP contribution in [0.2, 0.25) is 0 Å². The highest BCUT2D eigenvalue weighted by Gasteiger charge is 2.08. The van der Waals surface area contributed by atoms with Crippen LogP contribution in [0.1, 0.15) is 24.1 Å².